The third-order valence-electron chi connectivity index (χ3n) is 4.41. The van der Waals surface area contributed by atoms with Gasteiger partial charge in [-0.15, -0.1) is 0 Å². The van der Waals surface area contributed by atoms with Crippen LogP contribution >= 0.6 is 0 Å². The predicted molar refractivity (Wildman–Crippen MR) is 104 cm³/mol. The lowest BCUT2D eigenvalue weighted by Crippen LogP contribution is -2.13. The molecule has 0 spiro atoms. The summed E-state index contributed by atoms with van der Waals surface area (Å²) >= 11 is 0. The van der Waals surface area contributed by atoms with Gasteiger partial charge in [-0.3, -0.25) is 9.59 Å². The molecule has 0 unspecified atom stereocenters. The van der Waals surface area contributed by atoms with E-state index in [2.05, 4.69) is 16.9 Å². The number of aromatic amines is 1. The molecule has 132 valence electrons. The van der Waals surface area contributed by atoms with Crippen LogP contribution in [0, 0.1) is 6.92 Å². The zero-order valence-corrected chi connectivity index (χ0v) is 14.4. The predicted octanol–water partition coefficient (Wildman–Crippen LogP) is 2.83. The lowest BCUT2D eigenvalue weighted by molar-refractivity contribution is -0.111. The molecule has 0 bridgehead atoms. The van der Waals surface area contributed by atoms with Gasteiger partial charge in [-0.2, -0.15) is 0 Å². The first kappa shape index (κ1) is 17.4. The van der Waals surface area contributed by atoms with Gasteiger partial charge in [-0.25, -0.2) is 0 Å². The fraction of sp³-hybridized carbons (Fsp3) is 0.100. The third-order valence-corrected chi connectivity index (χ3v) is 4.41. The summed E-state index contributed by atoms with van der Waals surface area (Å²) in [6.45, 7) is 5.67. The SMILES string of the molecule is C=CC(=O)Nc1cccc(-c2ccc(C(N)=O)c3[nH]cc(C)c23)c1CN. The first-order chi connectivity index (χ1) is 12.5. The third kappa shape index (κ3) is 2.87. The van der Waals surface area contributed by atoms with E-state index in [9.17, 15) is 9.59 Å². The van der Waals surface area contributed by atoms with Crippen LogP contribution in [0.4, 0.5) is 5.69 Å². The van der Waals surface area contributed by atoms with E-state index in [0.717, 1.165) is 27.6 Å². The monoisotopic (exact) mass is 348 g/mol. The lowest BCUT2D eigenvalue weighted by Gasteiger charge is -2.16. The van der Waals surface area contributed by atoms with Gasteiger partial charge < -0.3 is 21.8 Å². The normalized spacial score (nSPS) is 10.7. The molecule has 3 rings (SSSR count). The summed E-state index contributed by atoms with van der Waals surface area (Å²) < 4.78 is 0. The van der Waals surface area contributed by atoms with E-state index in [1.165, 1.54) is 6.08 Å². The fourth-order valence-electron chi connectivity index (χ4n) is 3.20. The van der Waals surface area contributed by atoms with Crippen molar-refractivity contribution in [3.63, 3.8) is 0 Å². The first-order valence-electron chi connectivity index (χ1n) is 8.14. The maximum atomic E-state index is 11.7. The second-order valence-corrected chi connectivity index (χ2v) is 5.98. The minimum absolute atomic E-state index is 0.242. The molecule has 26 heavy (non-hydrogen) atoms. The van der Waals surface area contributed by atoms with Crippen LogP contribution in [-0.2, 0) is 11.3 Å². The van der Waals surface area contributed by atoms with E-state index >= 15 is 0 Å². The Morgan fingerprint density at radius 3 is 2.65 bits per heavy atom. The molecular formula is C20H20N4O2. The Kier molecular flexibility index (Phi) is 4.60. The number of amides is 2. The van der Waals surface area contributed by atoms with E-state index in [4.69, 9.17) is 11.5 Å². The summed E-state index contributed by atoms with van der Waals surface area (Å²) in [7, 11) is 0. The number of nitrogens with one attached hydrogen (secondary N) is 2. The Morgan fingerprint density at radius 2 is 2.00 bits per heavy atom. The average molecular weight is 348 g/mol. The van der Waals surface area contributed by atoms with Crippen molar-refractivity contribution in [2.75, 3.05) is 5.32 Å². The summed E-state index contributed by atoms with van der Waals surface area (Å²) in [5.74, 6) is -0.793. The number of aryl methyl sites for hydroxylation is 1. The summed E-state index contributed by atoms with van der Waals surface area (Å²) in [5, 5.41) is 3.69. The van der Waals surface area contributed by atoms with E-state index in [1.807, 2.05) is 31.3 Å². The van der Waals surface area contributed by atoms with Crippen LogP contribution in [-0.4, -0.2) is 16.8 Å². The zero-order valence-electron chi connectivity index (χ0n) is 14.4. The number of benzene rings is 2. The fourth-order valence-corrected chi connectivity index (χ4v) is 3.20. The van der Waals surface area contributed by atoms with Crippen LogP contribution in [0.2, 0.25) is 0 Å². The smallest absolute Gasteiger partial charge is 0.250 e. The highest BCUT2D eigenvalue weighted by Gasteiger charge is 2.17. The topological polar surface area (TPSA) is 114 Å². The number of hydrogen-bond acceptors (Lipinski definition) is 3. The molecule has 0 aliphatic heterocycles. The zero-order chi connectivity index (χ0) is 18.8. The van der Waals surface area contributed by atoms with Crippen molar-refractivity contribution in [3.05, 3.63) is 65.9 Å². The van der Waals surface area contributed by atoms with Gasteiger partial charge in [0.15, 0.2) is 0 Å². The quantitative estimate of drug-likeness (QED) is 0.532. The average Bonchev–Trinajstić information content (AvgIpc) is 3.02. The number of aromatic nitrogens is 1. The summed E-state index contributed by atoms with van der Waals surface area (Å²) in [5.41, 5.74) is 16.8. The number of carbonyl (C=O) groups is 2. The van der Waals surface area contributed by atoms with Crippen LogP contribution in [0.1, 0.15) is 21.5 Å². The number of fused-ring (bicyclic) bond motifs is 1. The molecule has 6 nitrogen and oxygen atoms in total. The molecule has 6 heteroatoms. The Labute approximate surface area is 150 Å². The first-order valence-corrected chi connectivity index (χ1v) is 8.14. The van der Waals surface area contributed by atoms with Crippen molar-refractivity contribution < 1.29 is 9.59 Å². The molecule has 0 aliphatic carbocycles. The Morgan fingerprint density at radius 1 is 1.23 bits per heavy atom. The second kappa shape index (κ2) is 6.85. The van der Waals surface area contributed by atoms with Gasteiger partial charge in [0, 0.05) is 23.8 Å². The van der Waals surface area contributed by atoms with E-state index in [1.54, 1.807) is 12.1 Å². The summed E-state index contributed by atoms with van der Waals surface area (Å²) in [6, 6.07) is 9.15. The minimum atomic E-state index is -0.491. The molecule has 0 fully saturated rings. The number of anilines is 1. The Bertz CT molecular complexity index is 1030. The Balaban J connectivity index is 2.28. The lowest BCUT2D eigenvalue weighted by atomic mass is 9.92. The van der Waals surface area contributed by atoms with Crippen molar-refractivity contribution in [3.8, 4) is 11.1 Å². The number of rotatable bonds is 5. The van der Waals surface area contributed by atoms with Gasteiger partial charge in [0.1, 0.15) is 0 Å². The molecular weight excluding hydrogens is 328 g/mol. The Hall–Kier alpha value is -3.38. The highest BCUT2D eigenvalue weighted by molar-refractivity contribution is 6.11. The van der Waals surface area contributed by atoms with Crippen LogP contribution in [0.5, 0.6) is 0 Å². The molecule has 2 amide bonds. The maximum absolute atomic E-state index is 11.7. The van der Waals surface area contributed by atoms with Crippen molar-refractivity contribution in [1.29, 1.82) is 0 Å². The molecule has 6 N–H and O–H groups in total. The molecule has 0 saturated heterocycles. The molecule has 1 aromatic heterocycles. The summed E-state index contributed by atoms with van der Waals surface area (Å²) in [4.78, 5) is 26.6. The van der Waals surface area contributed by atoms with Gasteiger partial charge in [0.2, 0.25) is 5.91 Å². The number of H-pyrrole nitrogens is 1. The van der Waals surface area contributed by atoms with Crippen LogP contribution in [0.3, 0.4) is 0 Å². The standard InChI is InChI=1S/C20H20N4O2/c1-3-17(25)24-16-6-4-5-12(15(16)9-21)13-7-8-14(20(22)26)19-18(13)11(2)10-23-19/h3-8,10,23H,1,9,21H2,2H3,(H2,22,26)(H,24,25). The van der Waals surface area contributed by atoms with Crippen molar-refractivity contribution in [2.24, 2.45) is 11.5 Å². The summed E-state index contributed by atoms with van der Waals surface area (Å²) in [6.07, 6.45) is 3.05. The van der Waals surface area contributed by atoms with Gasteiger partial charge in [-0.1, -0.05) is 24.8 Å². The maximum Gasteiger partial charge on any atom is 0.250 e. The van der Waals surface area contributed by atoms with Gasteiger partial charge in [-0.05, 0) is 47.4 Å². The molecule has 3 aromatic rings. The molecule has 1 heterocycles. The highest BCUT2D eigenvalue weighted by atomic mass is 16.1. The largest absolute Gasteiger partial charge is 0.366 e. The number of hydrogen-bond donors (Lipinski definition) is 4. The number of primary amides is 1. The second-order valence-electron chi connectivity index (χ2n) is 5.98. The van der Waals surface area contributed by atoms with Crippen LogP contribution in [0.25, 0.3) is 22.0 Å². The number of nitrogens with two attached hydrogens (primary N) is 2. The van der Waals surface area contributed by atoms with Gasteiger partial charge >= 0.3 is 0 Å². The number of carbonyl (C=O) groups excluding carboxylic acids is 2. The van der Waals surface area contributed by atoms with E-state index in [0.29, 0.717) is 16.8 Å². The minimum Gasteiger partial charge on any atom is -0.366 e. The molecule has 2 aromatic carbocycles. The van der Waals surface area contributed by atoms with Crippen LogP contribution < -0.4 is 16.8 Å². The van der Waals surface area contributed by atoms with Crippen molar-refractivity contribution >= 4 is 28.4 Å². The van der Waals surface area contributed by atoms with Gasteiger partial charge in [0.05, 0.1) is 11.1 Å². The molecule has 0 radical (unpaired) electrons. The van der Waals surface area contributed by atoms with E-state index in [-0.39, 0.29) is 12.5 Å². The molecule has 0 saturated carbocycles. The molecule has 0 atom stereocenters. The van der Waals surface area contributed by atoms with Crippen molar-refractivity contribution in [1.82, 2.24) is 4.98 Å². The molecule has 0 aliphatic rings. The van der Waals surface area contributed by atoms with E-state index < -0.39 is 5.91 Å². The van der Waals surface area contributed by atoms with Crippen LogP contribution in [0.15, 0.2) is 49.2 Å². The van der Waals surface area contributed by atoms with Gasteiger partial charge in [0.25, 0.3) is 5.91 Å². The van der Waals surface area contributed by atoms with Crippen molar-refractivity contribution in [2.45, 2.75) is 13.5 Å². The highest BCUT2D eigenvalue weighted by Crippen LogP contribution is 2.36.